The van der Waals surface area contributed by atoms with Gasteiger partial charge in [-0.3, -0.25) is 9.59 Å². The molecular weight excluding hydrogens is 482 g/mol. The number of carbonyl (C=O) groups is 2. The number of methoxy groups -OCH3 is 2. The highest BCUT2D eigenvalue weighted by atomic mass is 16.5. The molecule has 192 valence electrons. The molecule has 4 aromatic rings. The number of ether oxygens (including phenoxy) is 2. The molecule has 5 rings (SSSR count). The van der Waals surface area contributed by atoms with Crippen molar-refractivity contribution in [2.24, 2.45) is 0 Å². The number of nitrogens with zero attached hydrogens (tertiary/aromatic N) is 2. The summed E-state index contributed by atoms with van der Waals surface area (Å²) in [6, 6.07) is 23.1. The lowest BCUT2D eigenvalue weighted by atomic mass is 9.93. The third-order valence-electron chi connectivity index (χ3n) is 6.31. The lowest BCUT2D eigenvalue weighted by molar-refractivity contribution is -0.113. The average molecular weight is 510 g/mol. The van der Waals surface area contributed by atoms with Crippen LogP contribution in [0.5, 0.6) is 11.5 Å². The molecule has 0 saturated heterocycles. The highest BCUT2D eigenvalue weighted by molar-refractivity contribution is 6.09. The molecule has 2 heterocycles. The minimum Gasteiger partial charge on any atom is -0.497 e. The number of hydrogen-bond donors (Lipinski definition) is 3. The van der Waals surface area contributed by atoms with Crippen molar-refractivity contribution in [2.75, 3.05) is 30.2 Å². The Balaban J connectivity index is 1.61. The third kappa shape index (κ3) is 4.69. The molecule has 38 heavy (non-hydrogen) atoms. The van der Waals surface area contributed by atoms with Gasteiger partial charge in [0.05, 0.1) is 26.0 Å². The number of allylic oxidation sites excluding steroid dienone is 1. The molecule has 1 atom stereocenters. The van der Waals surface area contributed by atoms with Gasteiger partial charge < -0.3 is 25.4 Å². The predicted octanol–water partition coefficient (Wildman–Crippen LogP) is 5.08. The molecule has 0 fully saturated rings. The van der Waals surface area contributed by atoms with Crippen LogP contribution < -0.4 is 25.4 Å². The van der Waals surface area contributed by atoms with Crippen molar-refractivity contribution < 1.29 is 19.1 Å². The summed E-state index contributed by atoms with van der Waals surface area (Å²) in [5.74, 6) is 0.962. The lowest BCUT2D eigenvalue weighted by Gasteiger charge is -2.31. The number of carbonyl (C=O) groups excluding carboxylic acids is 2. The maximum absolute atomic E-state index is 13.7. The number of benzene rings is 3. The van der Waals surface area contributed by atoms with Crippen LogP contribution in [0.1, 0.15) is 28.9 Å². The molecule has 2 amide bonds. The molecule has 9 heteroatoms. The molecule has 0 aliphatic carbocycles. The van der Waals surface area contributed by atoms with Crippen LogP contribution in [-0.2, 0) is 4.79 Å². The normalized spacial score (nSPS) is 14.2. The summed E-state index contributed by atoms with van der Waals surface area (Å²) in [7, 11) is 3.14. The number of anilines is 3. The second-order valence-electron chi connectivity index (χ2n) is 8.67. The van der Waals surface area contributed by atoms with Crippen molar-refractivity contribution in [3.05, 3.63) is 107 Å². The van der Waals surface area contributed by atoms with Gasteiger partial charge in [-0.2, -0.15) is 5.10 Å². The number of aromatic nitrogens is 2. The van der Waals surface area contributed by atoms with Crippen molar-refractivity contribution in [3.63, 3.8) is 0 Å². The Morgan fingerprint density at radius 2 is 1.50 bits per heavy atom. The molecule has 3 N–H and O–H groups in total. The molecule has 0 spiro atoms. The Morgan fingerprint density at radius 3 is 2.11 bits per heavy atom. The maximum Gasteiger partial charge on any atom is 0.261 e. The van der Waals surface area contributed by atoms with Gasteiger partial charge in [0.25, 0.3) is 11.8 Å². The fourth-order valence-corrected chi connectivity index (χ4v) is 4.50. The van der Waals surface area contributed by atoms with Crippen LogP contribution >= 0.6 is 0 Å². The molecule has 1 aliphatic rings. The first-order valence-corrected chi connectivity index (χ1v) is 12.0. The van der Waals surface area contributed by atoms with Crippen LogP contribution in [0.4, 0.5) is 17.2 Å². The van der Waals surface area contributed by atoms with Crippen molar-refractivity contribution >= 4 is 29.0 Å². The molecule has 0 unspecified atom stereocenters. The van der Waals surface area contributed by atoms with Gasteiger partial charge >= 0.3 is 0 Å². The van der Waals surface area contributed by atoms with Crippen LogP contribution in [0, 0.1) is 0 Å². The summed E-state index contributed by atoms with van der Waals surface area (Å²) in [4.78, 5) is 26.9. The standard InChI is InChI=1S/C29H27N5O4/c1-18-25(29(36)33-20-12-8-5-9-13-20)26(22-16-21(37-2)14-15-24(22)38-3)34-27(31-18)23(17-30-34)28(35)32-19-10-6-4-7-11-19/h4-17,26,31H,1-3H3,(H,32,35)(H,33,36)/t26-/m0/s1. The molecule has 9 nitrogen and oxygen atoms in total. The van der Waals surface area contributed by atoms with Gasteiger partial charge in [-0.1, -0.05) is 36.4 Å². The van der Waals surface area contributed by atoms with Gasteiger partial charge in [-0.05, 0) is 49.4 Å². The van der Waals surface area contributed by atoms with E-state index in [1.165, 1.54) is 6.20 Å². The summed E-state index contributed by atoms with van der Waals surface area (Å²) in [5, 5.41) is 13.7. The maximum atomic E-state index is 13.7. The van der Waals surface area contributed by atoms with E-state index in [-0.39, 0.29) is 11.8 Å². The van der Waals surface area contributed by atoms with Gasteiger partial charge in [0.2, 0.25) is 0 Å². The summed E-state index contributed by atoms with van der Waals surface area (Å²) in [5.41, 5.74) is 3.31. The van der Waals surface area contributed by atoms with Crippen LogP contribution in [0.3, 0.4) is 0 Å². The van der Waals surface area contributed by atoms with Crippen molar-refractivity contribution in [1.82, 2.24) is 9.78 Å². The Hall–Kier alpha value is -5.05. The second-order valence-corrected chi connectivity index (χ2v) is 8.67. The summed E-state index contributed by atoms with van der Waals surface area (Å²) in [6.07, 6.45) is 1.49. The van der Waals surface area contributed by atoms with E-state index in [0.29, 0.717) is 51.1 Å². The smallest absolute Gasteiger partial charge is 0.261 e. The van der Waals surface area contributed by atoms with Gasteiger partial charge in [0.1, 0.15) is 28.9 Å². The lowest BCUT2D eigenvalue weighted by Crippen LogP contribution is -2.32. The van der Waals surface area contributed by atoms with E-state index in [9.17, 15) is 9.59 Å². The Kier molecular flexibility index (Phi) is 6.82. The molecular formula is C29H27N5O4. The first kappa shape index (κ1) is 24.6. The minimum atomic E-state index is -0.710. The molecule has 3 aromatic carbocycles. The predicted molar refractivity (Wildman–Crippen MR) is 146 cm³/mol. The minimum absolute atomic E-state index is 0.312. The van der Waals surface area contributed by atoms with Crippen LogP contribution in [0.2, 0.25) is 0 Å². The average Bonchev–Trinajstić information content (AvgIpc) is 3.36. The first-order valence-electron chi connectivity index (χ1n) is 12.0. The van der Waals surface area contributed by atoms with Crippen LogP contribution in [0.25, 0.3) is 0 Å². The second kappa shape index (κ2) is 10.5. The van der Waals surface area contributed by atoms with Gasteiger partial charge in [-0.25, -0.2) is 4.68 Å². The summed E-state index contributed by atoms with van der Waals surface area (Å²) in [6.45, 7) is 1.80. The third-order valence-corrected chi connectivity index (χ3v) is 6.31. The highest BCUT2D eigenvalue weighted by Crippen LogP contribution is 2.42. The molecule has 0 bridgehead atoms. The van der Waals surface area contributed by atoms with E-state index in [1.807, 2.05) is 66.7 Å². The number of amides is 2. The van der Waals surface area contributed by atoms with E-state index in [1.54, 1.807) is 38.0 Å². The van der Waals surface area contributed by atoms with Gasteiger partial charge in [-0.15, -0.1) is 0 Å². The fraction of sp³-hybridized carbons (Fsp3) is 0.138. The number of nitrogens with one attached hydrogen (secondary N) is 3. The zero-order valence-electron chi connectivity index (χ0n) is 21.2. The number of fused-ring (bicyclic) bond motifs is 1. The van der Waals surface area contributed by atoms with E-state index < -0.39 is 6.04 Å². The zero-order valence-corrected chi connectivity index (χ0v) is 21.2. The van der Waals surface area contributed by atoms with Crippen molar-refractivity contribution in [1.29, 1.82) is 0 Å². The Labute approximate surface area is 220 Å². The highest BCUT2D eigenvalue weighted by Gasteiger charge is 2.37. The fourth-order valence-electron chi connectivity index (χ4n) is 4.50. The van der Waals surface area contributed by atoms with Crippen LogP contribution in [-0.4, -0.2) is 35.8 Å². The first-order chi connectivity index (χ1) is 18.5. The van der Waals surface area contributed by atoms with E-state index in [2.05, 4.69) is 21.0 Å². The molecule has 0 radical (unpaired) electrons. The van der Waals surface area contributed by atoms with Gasteiger partial charge in [0, 0.05) is 22.6 Å². The zero-order chi connectivity index (χ0) is 26.6. The molecule has 0 saturated carbocycles. The van der Waals surface area contributed by atoms with E-state index >= 15 is 0 Å². The topological polar surface area (TPSA) is 107 Å². The quantitative estimate of drug-likeness (QED) is 0.321. The largest absolute Gasteiger partial charge is 0.497 e. The number of rotatable bonds is 7. The Bertz CT molecular complexity index is 1510. The van der Waals surface area contributed by atoms with E-state index in [0.717, 1.165) is 0 Å². The summed E-state index contributed by atoms with van der Waals surface area (Å²) < 4.78 is 12.8. The SMILES string of the molecule is COc1ccc(OC)c([C@H]2C(C(=O)Nc3ccccc3)=C(C)Nc3c(C(=O)Nc4ccccc4)cnn32)c1. The molecule has 1 aromatic heterocycles. The molecule has 1 aliphatic heterocycles. The van der Waals surface area contributed by atoms with Crippen molar-refractivity contribution in [2.45, 2.75) is 13.0 Å². The van der Waals surface area contributed by atoms with Gasteiger partial charge in [0.15, 0.2) is 0 Å². The van der Waals surface area contributed by atoms with Crippen molar-refractivity contribution in [3.8, 4) is 11.5 Å². The monoisotopic (exact) mass is 509 g/mol. The Morgan fingerprint density at radius 1 is 0.868 bits per heavy atom. The van der Waals surface area contributed by atoms with Crippen LogP contribution in [0.15, 0.2) is 96.3 Å². The number of hydrogen-bond acceptors (Lipinski definition) is 6. The number of para-hydroxylation sites is 2. The van der Waals surface area contributed by atoms with E-state index in [4.69, 9.17) is 9.47 Å². The summed E-state index contributed by atoms with van der Waals surface area (Å²) >= 11 is 0.